The molecule has 2 aromatic carbocycles. The summed E-state index contributed by atoms with van der Waals surface area (Å²) in [5.41, 5.74) is -0.0341. The van der Waals surface area contributed by atoms with Gasteiger partial charge in [0.05, 0.1) is 16.5 Å². The largest absolute Gasteiger partial charge is 0.482 e. The van der Waals surface area contributed by atoms with Gasteiger partial charge in [-0.15, -0.1) is 0 Å². The molecule has 0 aliphatic heterocycles. The van der Waals surface area contributed by atoms with Crippen molar-refractivity contribution >= 4 is 28.5 Å². The van der Waals surface area contributed by atoms with E-state index in [1.807, 2.05) is 13.8 Å². The van der Waals surface area contributed by atoms with Gasteiger partial charge in [-0.3, -0.25) is 4.79 Å². The lowest BCUT2D eigenvalue weighted by Crippen LogP contribution is -2.20. The van der Waals surface area contributed by atoms with Crippen LogP contribution in [0.1, 0.15) is 20.3 Å². The predicted octanol–water partition coefficient (Wildman–Crippen LogP) is 4.96. The van der Waals surface area contributed by atoms with E-state index in [4.69, 9.17) is 30.2 Å². The first-order valence-electron chi connectivity index (χ1n) is 8.78. The van der Waals surface area contributed by atoms with Crippen molar-refractivity contribution in [2.24, 2.45) is 0 Å². The second-order valence-electron chi connectivity index (χ2n) is 6.12. The maximum Gasteiger partial charge on any atom is 0.344 e. The summed E-state index contributed by atoms with van der Waals surface area (Å²) >= 11 is 6.05. The molecule has 1 heterocycles. The van der Waals surface area contributed by atoms with Crippen LogP contribution < -0.4 is 14.9 Å². The van der Waals surface area contributed by atoms with Crippen LogP contribution in [0.2, 0.25) is 5.02 Å². The molecule has 0 unspecified atom stereocenters. The molecule has 0 amide bonds. The van der Waals surface area contributed by atoms with Gasteiger partial charge in [0.15, 0.2) is 6.61 Å². The van der Waals surface area contributed by atoms with E-state index < -0.39 is 5.97 Å². The average Bonchev–Trinajstić information content (AvgIpc) is 2.70. The van der Waals surface area contributed by atoms with Gasteiger partial charge >= 0.3 is 5.97 Å². The van der Waals surface area contributed by atoms with Gasteiger partial charge in [-0.2, -0.15) is 0 Å². The number of fused-ring (bicyclic) bond motifs is 1. The Morgan fingerprint density at radius 3 is 2.71 bits per heavy atom. The first-order chi connectivity index (χ1) is 13.5. The van der Waals surface area contributed by atoms with Crippen molar-refractivity contribution in [2.75, 3.05) is 6.61 Å². The third-order valence-electron chi connectivity index (χ3n) is 4.04. The first-order valence-corrected chi connectivity index (χ1v) is 9.16. The molecule has 0 aliphatic carbocycles. The highest BCUT2D eigenvalue weighted by Gasteiger charge is 2.13. The average molecular weight is 403 g/mol. The molecule has 3 aromatic rings. The van der Waals surface area contributed by atoms with Crippen LogP contribution in [0.25, 0.3) is 11.0 Å². The van der Waals surface area contributed by atoms with Crippen molar-refractivity contribution < 1.29 is 23.4 Å². The van der Waals surface area contributed by atoms with Crippen molar-refractivity contribution in [1.29, 1.82) is 0 Å². The maximum atomic E-state index is 12.6. The summed E-state index contributed by atoms with van der Waals surface area (Å²) in [6.45, 7) is 3.51. The molecule has 146 valence electrons. The molecule has 6 nitrogen and oxygen atoms in total. The molecule has 0 radical (unpaired) electrons. The molecule has 1 atom stereocenters. The summed E-state index contributed by atoms with van der Waals surface area (Å²) in [5.74, 6) is 0.304. The van der Waals surface area contributed by atoms with Crippen LogP contribution in [0.5, 0.6) is 17.2 Å². The standard InChI is InChI=1S/C21H19ClO6/c1-3-13(2)27-20(23)12-25-14-8-9-15-18(10-14)26-11-19(21(15)24)28-17-7-5-4-6-16(17)22/h4-11,13H,3,12H2,1-2H3/t13-/m1/s1. The molecule has 0 aliphatic rings. The van der Waals surface area contributed by atoms with E-state index in [0.717, 1.165) is 6.42 Å². The van der Waals surface area contributed by atoms with E-state index in [1.54, 1.807) is 36.4 Å². The van der Waals surface area contributed by atoms with E-state index in [2.05, 4.69) is 0 Å². The molecule has 28 heavy (non-hydrogen) atoms. The number of benzene rings is 2. The Balaban J connectivity index is 1.76. The quantitative estimate of drug-likeness (QED) is 0.520. The van der Waals surface area contributed by atoms with Crippen LogP contribution in [0.3, 0.4) is 0 Å². The normalized spacial score (nSPS) is 11.8. The number of hydrogen-bond donors (Lipinski definition) is 0. The molecule has 1 aromatic heterocycles. The Kier molecular flexibility index (Phi) is 6.21. The smallest absolute Gasteiger partial charge is 0.344 e. The number of carbonyl (C=O) groups excluding carboxylic acids is 1. The van der Waals surface area contributed by atoms with E-state index in [9.17, 15) is 9.59 Å². The van der Waals surface area contributed by atoms with Crippen LogP contribution in [0.15, 0.2) is 57.9 Å². The van der Waals surface area contributed by atoms with E-state index in [0.29, 0.717) is 27.5 Å². The highest BCUT2D eigenvalue weighted by molar-refractivity contribution is 6.32. The molecule has 0 spiro atoms. The summed E-state index contributed by atoms with van der Waals surface area (Å²) in [6.07, 6.45) is 1.78. The van der Waals surface area contributed by atoms with Crippen molar-refractivity contribution in [3.8, 4) is 17.2 Å². The molecule has 0 N–H and O–H groups in total. The van der Waals surface area contributed by atoms with E-state index in [-0.39, 0.29) is 23.9 Å². The molecule has 3 rings (SSSR count). The Morgan fingerprint density at radius 2 is 1.96 bits per heavy atom. The molecular weight excluding hydrogens is 384 g/mol. The van der Waals surface area contributed by atoms with Crippen LogP contribution in [-0.2, 0) is 9.53 Å². The summed E-state index contributed by atoms with van der Waals surface area (Å²) in [7, 11) is 0. The van der Waals surface area contributed by atoms with Crippen molar-refractivity contribution in [3.63, 3.8) is 0 Å². The molecule has 0 saturated heterocycles. The number of ether oxygens (including phenoxy) is 3. The highest BCUT2D eigenvalue weighted by Crippen LogP contribution is 2.28. The van der Waals surface area contributed by atoms with Crippen LogP contribution in [0.4, 0.5) is 0 Å². The van der Waals surface area contributed by atoms with E-state index in [1.165, 1.54) is 12.3 Å². The Hall–Kier alpha value is -2.99. The predicted molar refractivity (Wildman–Crippen MR) is 105 cm³/mol. The zero-order valence-corrected chi connectivity index (χ0v) is 16.2. The van der Waals surface area contributed by atoms with Gasteiger partial charge in [0, 0.05) is 6.07 Å². The van der Waals surface area contributed by atoms with Gasteiger partial charge in [0.2, 0.25) is 11.2 Å². The molecule has 7 heteroatoms. The number of carbonyl (C=O) groups is 1. The molecule has 0 fully saturated rings. The Labute approximate surface area is 166 Å². The van der Waals surface area contributed by atoms with Gasteiger partial charge in [-0.05, 0) is 37.6 Å². The van der Waals surface area contributed by atoms with Gasteiger partial charge < -0.3 is 18.6 Å². The topological polar surface area (TPSA) is 75.0 Å². The van der Waals surface area contributed by atoms with Crippen LogP contribution >= 0.6 is 11.6 Å². The zero-order valence-electron chi connectivity index (χ0n) is 15.4. The number of para-hydroxylation sites is 1. The summed E-state index contributed by atoms with van der Waals surface area (Å²) in [4.78, 5) is 24.3. The summed E-state index contributed by atoms with van der Waals surface area (Å²) in [5, 5.41) is 0.703. The van der Waals surface area contributed by atoms with Gasteiger partial charge in [0.1, 0.15) is 23.3 Å². The fourth-order valence-electron chi connectivity index (χ4n) is 2.38. The maximum absolute atomic E-state index is 12.6. The molecule has 0 saturated carbocycles. The number of rotatable bonds is 7. The monoisotopic (exact) mass is 402 g/mol. The van der Waals surface area contributed by atoms with Gasteiger partial charge in [-0.1, -0.05) is 30.7 Å². The minimum absolute atomic E-state index is 0.0198. The van der Waals surface area contributed by atoms with Crippen molar-refractivity contribution in [2.45, 2.75) is 26.4 Å². The van der Waals surface area contributed by atoms with Gasteiger partial charge in [0.25, 0.3) is 0 Å². The Morgan fingerprint density at radius 1 is 1.18 bits per heavy atom. The lowest BCUT2D eigenvalue weighted by atomic mass is 10.2. The number of esters is 1. The van der Waals surface area contributed by atoms with Crippen LogP contribution in [-0.4, -0.2) is 18.7 Å². The SMILES string of the molecule is CC[C@@H](C)OC(=O)COc1ccc2c(=O)c(Oc3ccccc3Cl)coc2c1. The number of halogens is 1. The minimum atomic E-state index is -0.459. The third-order valence-corrected chi connectivity index (χ3v) is 4.35. The van der Waals surface area contributed by atoms with Crippen molar-refractivity contribution in [3.05, 3.63) is 64.0 Å². The minimum Gasteiger partial charge on any atom is -0.482 e. The zero-order chi connectivity index (χ0) is 20.1. The lowest BCUT2D eigenvalue weighted by molar-refractivity contribution is -0.150. The second kappa shape index (κ2) is 8.80. The molecule has 0 bridgehead atoms. The van der Waals surface area contributed by atoms with E-state index >= 15 is 0 Å². The van der Waals surface area contributed by atoms with Crippen molar-refractivity contribution in [1.82, 2.24) is 0 Å². The summed E-state index contributed by atoms with van der Waals surface area (Å²) < 4.78 is 21.6. The number of hydrogen-bond acceptors (Lipinski definition) is 6. The molecular formula is C21H19ClO6. The lowest BCUT2D eigenvalue weighted by Gasteiger charge is -2.11. The Bertz CT molecular complexity index is 1040. The fraction of sp³-hybridized carbons (Fsp3) is 0.238. The third kappa shape index (κ3) is 4.64. The summed E-state index contributed by atoms with van der Waals surface area (Å²) in [6, 6.07) is 11.5. The van der Waals surface area contributed by atoms with Gasteiger partial charge in [-0.25, -0.2) is 4.79 Å². The fourth-order valence-corrected chi connectivity index (χ4v) is 2.56. The first kappa shape index (κ1) is 19.8. The van der Waals surface area contributed by atoms with Crippen LogP contribution in [0, 0.1) is 0 Å². The highest BCUT2D eigenvalue weighted by atomic mass is 35.5. The second-order valence-corrected chi connectivity index (χ2v) is 6.52.